The van der Waals surface area contributed by atoms with Crippen molar-refractivity contribution in [3.63, 3.8) is 0 Å². The molecule has 1 unspecified atom stereocenters. The van der Waals surface area contributed by atoms with Gasteiger partial charge in [-0.05, 0) is 74.3 Å². The van der Waals surface area contributed by atoms with Gasteiger partial charge in [-0.3, -0.25) is 9.59 Å². The Morgan fingerprint density at radius 3 is 2.32 bits per heavy atom. The summed E-state index contributed by atoms with van der Waals surface area (Å²) in [5.74, 6) is 2.69. The predicted molar refractivity (Wildman–Crippen MR) is 123 cm³/mol. The molecule has 6 heteroatoms. The van der Waals surface area contributed by atoms with Gasteiger partial charge in [0.15, 0.2) is 0 Å². The smallest absolute Gasteiger partial charge is 0.247 e. The second-order valence-corrected chi connectivity index (χ2v) is 11.3. The molecule has 4 aliphatic rings. The Morgan fingerprint density at radius 1 is 1.13 bits per heavy atom. The maximum Gasteiger partial charge on any atom is 0.247 e. The number of thioether (sulfide) groups is 1. The quantitative estimate of drug-likeness (QED) is 0.442. The minimum atomic E-state index is -0.558. The highest BCUT2D eigenvalue weighted by Crippen LogP contribution is 2.60. The lowest BCUT2D eigenvalue weighted by Gasteiger charge is -2.55. The lowest BCUT2D eigenvalue weighted by molar-refractivity contribution is -0.148. The zero-order valence-electron chi connectivity index (χ0n) is 18.5. The number of para-hydroxylation sites is 1. The zero-order valence-corrected chi connectivity index (χ0v) is 19.3. The minimum Gasteiger partial charge on any atom is -0.344 e. The number of hydrogen-bond acceptors (Lipinski definition) is 4. The van der Waals surface area contributed by atoms with Gasteiger partial charge < -0.3 is 10.6 Å². The Bertz CT molecular complexity index is 840. The molecule has 5 rings (SSSR count). The van der Waals surface area contributed by atoms with Gasteiger partial charge in [0, 0.05) is 22.5 Å². The average Bonchev–Trinajstić information content (AvgIpc) is 2.72. The summed E-state index contributed by atoms with van der Waals surface area (Å²) in [6.45, 7) is 3.97. The first-order valence-electron chi connectivity index (χ1n) is 11.6. The number of hydrogen-bond donors (Lipinski definition) is 2. The highest BCUT2D eigenvalue weighted by molar-refractivity contribution is 7.99. The van der Waals surface area contributed by atoms with Crippen LogP contribution in [0.25, 0.3) is 0 Å². The summed E-state index contributed by atoms with van der Waals surface area (Å²) in [7, 11) is 0. The molecule has 0 heterocycles. The third-order valence-electron chi connectivity index (χ3n) is 7.37. The van der Waals surface area contributed by atoms with Crippen molar-refractivity contribution in [2.75, 3.05) is 11.1 Å². The van der Waals surface area contributed by atoms with E-state index in [1.54, 1.807) is 11.8 Å². The van der Waals surface area contributed by atoms with Crippen molar-refractivity contribution in [1.82, 2.24) is 5.32 Å². The van der Waals surface area contributed by atoms with Crippen LogP contribution in [0.15, 0.2) is 29.2 Å². The van der Waals surface area contributed by atoms with Crippen LogP contribution in [0.3, 0.4) is 0 Å². The van der Waals surface area contributed by atoms with Gasteiger partial charge in [0.2, 0.25) is 11.8 Å². The molecular formula is C25H33N3O2S. The maximum atomic E-state index is 13.5. The number of carbonyl (C=O) groups is 2. The molecule has 4 aliphatic carbocycles. The molecule has 31 heavy (non-hydrogen) atoms. The van der Waals surface area contributed by atoms with Crippen LogP contribution < -0.4 is 10.6 Å². The van der Waals surface area contributed by atoms with Gasteiger partial charge in [0.1, 0.15) is 6.04 Å². The molecule has 4 fully saturated rings. The standard InChI is InChI=1S/C25H33N3O2S/c1-16(2)22(23(29)27-20-6-3-4-7-21(20)31-9-5-8-26)28-24(30)25-13-17-10-18(14-25)12-19(11-17)15-25/h3-4,6-7,16-19,22H,5,9-15H2,1-2H3,(H,27,29)(H,28,30). The normalized spacial score (nSPS) is 29.4. The fourth-order valence-electron chi connectivity index (χ4n) is 6.33. The second-order valence-electron chi connectivity index (χ2n) is 10.1. The Balaban J connectivity index is 1.44. The van der Waals surface area contributed by atoms with Gasteiger partial charge in [-0.2, -0.15) is 5.26 Å². The molecule has 166 valence electrons. The summed E-state index contributed by atoms with van der Waals surface area (Å²) in [6.07, 6.45) is 7.33. The molecule has 0 radical (unpaired) electrons. The van der Waals surface area contributed by atoms with E-state index in [9.17, 15) is 9.59 Å². The third kappa shape index (κ3) is 4.77. The van der Waals surface area contributed by atoms with Crippen LogP contribution in [-0.4, -0.2) is 23.6 Å². The first-order valence-corrected chi connectivity index (χ1v) is 12.6. The summed E-state index contributed by atoms with van der Waals surface area (Å²) >= 11 is 1.56. The minimum absolute atomic E-state index is 0.00346. The number of nitrogens with one attached hydrogen (secondary N) is 2. The molecular weight excluding hydrogens is 406 g/mol. The van der Waals surface area contributed by atoms with E-state index in [0.29, 0.717) is 29.9 Å². The van der Waals surface area contributed by atoms with E-state index in [4.69, 9.17) is 5.26 Å². The van der Waals surface area contributed by atoms with Crippen LogP contribution in [0, 0.1) is 40.4 Å². The first kappa shape index (κ1) is 22.2. The molecule has 1 atom stereocenters. The monoisotopic (exact) mass is 439 g/mol. The number of amides is 2. The maximum absolute atomic E-state index is 13.5. The van der Waals surface area contributed by atoms with Crippen molar-refractivity contribution in [2.24, 2.45) is 29.1 Å². The van der Waals surface area contributed by atoms with Crippen LogP contribution >= 0.6 is 11.8 Å². The molecule has 2 N–H and O–H groups in total. The molecule has 0 aromatic heterocycles. The van der Waals surface area contributed by atoms with E-state index >= 15 is 0 Å². The first-order chi connectivity index (χ1) is 14.9. The number of carbonyl (C=O) groups excluding carboxylic acids is 2. The summed E-state index contributed by atoms with van der Waals surface area (Å²) in [5, 5.41) is 15.0. The van der Waals surface area contributed by atoms with E-state index < -0.39 is 6.04 Å². The summed E-state index contributed by atoms with van der Waals surface area (Å²) in [6, 6.07) is 9.25. The van der Waals surface area contributed by atoms with Gasteiger partial charge in [0.05, 0.1) is 11.8 Å². The number of nitrogens with zero attached hydrogens (tertiary/aromatic N) is 1. The van der Waals surface area contributed by atoms with Crippen LogP contribution in [0.4, 0.5) is 5.69 Å². The summed E-state index contributed by atoms with van der Waals surface area (Å²) in [4.78, 5) is 27.6. The molecule has 1 aromatic carbocycles. The van der Waals surface area contributed by atoms with E-state index in [-0.39, 0.29) is 23.1 Å². The lowest BCUT2D eigenvalue weighted by Crippen LogP contribution is -2.57. The SMILES string of the molecule is CC(C)C(NC(=O)C12CC3CC(CC(C3)C1)C2)C(=O)Nc1ccccc1SCCC#N. The van der Waals surface area contributed by atoms with Gasteiger partial charge in [0.25, 0.3) is 0 Å². The molecule has 0 spiro atoms. The molecule has 4 bridgehead atoms. The fraction of sp³-hybridized carbons (Fsp3) is 0.640. The van der Waals surface area contributed by atoms with Crippen molar-refractivity contribution in [2.45, 2.75) is 69.7 Å². The summed E-state index contributed by atoms with van der Waals surface area (Å²) < 4.78 is 0. The highest BCUT2D eigenvalue weighted by Gasteiger charge is 2.55. The molecule has 0 aliphatic heterocycles. The Hall–Kier alpha value is -2.00. The Morgan fingerprint density at radius 2 is 1.74 bits per heavy atom. The van der Waals surface area contributed by atoms with Crippen molar-refractivity contribution in [3.8, 4) is 6.07 Å². The van der Waals surface area contributed by atoms with Crippen molar-refractivity contribution in [3.05, 3.63) is 24.3 Å². The zero-order chi connectivity index (χ0) is 22.0. The predicted octanol–water partition coefficient (Wildman–Crippen LogP) is 4.99. The molecule has 1 aromatic rings. The van der Waals surface area contributed by atoms with Crippen molar-refractivity contribution >= 4 is 29.3 Å². The molecule has 4 saturated carbocycles. The Labute approximate surface area is 189 Å². The third-order valence-corrected chi connectivity index (χ3v) is 8.45. The lowest BCUT2D eigenvalue weighted by atomic mass is 9.49. The van der Waals surface area contributed by atoms with Crippen LogP contribution in [-0.2, 0) is 9.59 Å². The van der Waals surface area contributed by atoms with Gasteiger partial charge >= 0.3 is 0 Å². The van der Waals surface area contributed by atoms with E-state index in [1.807, 2.05) is 38.1 Å². The molecule has 5 nitrogen and oxygen atoms in total. The largest absolute Gasteiger partial charge is 0.344 e. The van der Waals surface area contributed by atoms with Gasteiger partial charge in [-0.25, -0.2) is 0 Å². The van der Waals surface area contributed by atoms with Crippen LogP contribution in [0.2, 0.25) is 0 Å². The topological polar surface area (TPSA) is 82.0 Å². The number of rotatable bonds is 8. The van der Waals surface area contributed by atoms with E-state index in [2.05, 4.69) is 16.7 Å². The number of nitriles is 1. The van der Waals surface area contributed by atoms with Gasteiger partial charge in [-0.1, -0.05) is 26.0 Å². The van der Waals surface area contributed by atoms with E-state index in [1.165, 1.54) is 19.3 Å². The van der Waals surface area contributed by atoms with Crippen molar-refractivity contribution in [1.29, 1.82) is 5.26 Å². The second kappa shape index (κ2) is 9.24. The number of benzene rings is 1. The van der Waals surface area contributed by atoms with Crippen molar-refractivity contribution < 1.29 is 9.59 Å². The fourth-order valence-corrected chi connectivity index (χ4v) is 7.19. The van der Waals surface area contributed by atoms with E-state index in [0.717, 1.165) is 29.8 Å². The average molecular weight is 440 g/mol. The van der Waals surface area contributed by atoms with Gasteiger partial charge in [-0.15, -0.1) is 11.8 Å². The molecule has 0 saturated heterocycles. The summed E-state index contributed by atoms with van der Waals surface area (Å²) in [5.41, 5.74) is 0.484. The highest BCUT2D eigenvalue weighted by atomic mass is 32.2. The Kier molecular flexibility index (Phi) is 6.62. The number of anilines is 1. The van der Waals surface area contributed by atoms with Crippen LogP contribution in [0.5, 0.6) is 0 Å². The molecule has 2 amide bonds. The van der Waals surface area contributed by atoms with Crippen LogP contribution in [0.1, 0.15) is 58.8 Å².